The largest absolute Gasteiger partial charge is 0.507 e. The zero-order valence-corrected chi connectivity index (χ0v) is 8.07. The summed E-state index contributed by atoms with van der Waals surface area (Å²) in [6.07, 6.45) is 0. The maximum absolute atomic E-state index is 11.2. The lowest BCUT2D eigenvalue weighted by Gasteiger charge is -2.03. The first-order chi connectivity index (χ1) is 6.06. The van der Waals surface area contributed by atoms with Gasteiger partial charge in [-0.05, 0) is 6.92 Å². The monoisotopic (exact) mass is 199 g/mol. The molecule has 5 heteroatoms. The Balaban J connectivity index is 3.38. The van der Waals surface area contributed by atoms with E-state index in [2.05, 4.69) is 5.32 Å². The molecule has 0 saturated carbocycles. The fourth-order valence-corrected chi connectivity index (χ4v) is 1.12. The maximum atomic E-state index is 11.2. The van der Waals surface area contributed by atoms with Crippen LogP contribution in [0.15, 0.2) is 15.3 Å². The quantitative estimate of drug-likeness (QED) is 0.647. The minimum absolute atomic E-state index is 0.00287. The lowest BCUT2D eigenvalue weighted by Crippen LogP contribution is -2.24. The van der Waals surface area contributed by atoms with Crippen molar-refractivity contribution in [2.24, 2.45) is 0 Å². The van der Waals surface area contributed by atoms with Gasteiger partial charge in [0.25, 0.3) is 0 Å². The van der Waals surface area contributed by atoms with Crippen molar-refractivity contribution < 1.29 is 9.52 Å². The van der Waals surface area contributed by atoms with Crippen molar-refractivity contribution >= 4 is 17.2 Å². The summed E-state index contributed by atoms with van der Waals surface area (Å²) in [5.74, 6) is 0.193. The van der Waals surface area contributed by atoms with Gasteiger partial charge in [0.1, 0.15) is 22.1 Å². The number of hydrogen-bond acceptors (Lipinski definition) is 4. The van der Waals surface area contributed by atoms with E-state index in [1.54, 1.807) is 14.0 Å². The second-order valence-corrected chi connectivity index (χ2v) is 2.89. The Morgan fingerprint density at radius 2 is 2.31 bits per heavy atom. The molecule has 0 saturated heterocycles. The van der Waals surface area contributed by atoms with Gasteiger partial charge in [-0.25, -0.2) is 4.79 Å². The van der Waals surface area contributed by atoms with Crippen LogP contribution in [-0.4, -0.2) is 17.1 Å². The Labute approximate surface area is 80.2 Å². The van der Waals surface area contributed by atoms with Gasteiger partial charge in [-0.2, -0.15) is 0 Å². The summed E-state index contributed by atoms with van der Waals surface area (Å²) in [5, 5.41) is 12.0. The summed E-state index contributed by atoms with van der Waals surface area (Å²) in [7, 11) is 1.57. The van der Waals surface area contributed by atoms with Crippen molar-refractivity contribution in [1.82, 2.24) is 5.32 Å². The molecule has 0 atom stereocenters. The normalized spacial score (nSPS) is 9.69. The van der Waals surface area contributed by atoms with E-state index in [-0.39, 0.29) is 16.3 Å². The molecule has 13 heavy (non-hydrogen) atoms. The fraction of sp³-hybridized carbons (Fsp3) is 0.250. The third kappa shape index (κ3) is 1.86. The van der Waals surface area contributed by atoms with Crippen molar-refractivity contribution in [2.75, 3.05) is 7.05 Å². The van der Waals surface area contributed by atoms with Crippen LogP contribution < -0.4 is 10.9 Å². The Kier molecular flexibility index (Phi) is 2.67. The first-order valence-electron chi connectivity index (χ1n) is 3.62. The molecule has 0 radical (unpaired) electrons. The van der Waals surface area contributed by atoms with Crippen LogP contribution >= 0.6 is 12.2 Å². The number of rotatable bonds is 1. The van der Waals surface area contributed by atoms with E-state index in [0.29, 0.717) is 5.76 Å². The van der Waals surface area contributed by atoms with Crippen molar-refractivity contribution in [3.63, 3.8) is 0 Å². The number of aromatic hydroxyl groups is 1. The van der Waals surface area contributed by atoms with Crippen molar-refractivity contribution in [2.45, 2.75) is 6.92 Å². The van der Waals surface area contributed by atoms with Crippen LogP contribution in [0.1, 0.15) is 11.3 Å². The van der Waals surface area contributed by atoms with Crippen LogP contribution in [0.3, 0.4) is 0 Å². The van der Waals surface area contributed by atoms with Crippen molar-refractivity contribution in [3.8, 4) is 5.75 Å². The van der Waals surface area contributed by atoms with E-state index in [0.717, 1.165) is 0 Å². The molecule has 2 N–H and O–H groups in total. The van der Waals surface area contributed by atoms with E-state index in [1.165, 1.54) is 6.07 Å². The molecule has 0 aliphatic heterocycles. The SMILES string of the molecule is CNC(=S)c1c(O)cc(C)oc1=O. The third-order valence-electron chi connectivity index (χ3n) is 1.51. The molecule has 0 fully saturated rings. The Bertz CT molecular complexity index is 397. The highest BCUT2D eigenvalue weighted by atomic mass is 32.1. The zero-order valence-electron chi connectivity index (χ0n) is 7.25. The lowest BCUT2D eigenvalue weighted by atomic mass is 10.2. The standard InChI is InChI=1S/C8H9NO3S/c1-4-3-5(10)6(7(13)9-2)8(11)12-4/h3,10H,1-2H3,(H,9,13). The molecule has 70 valence electrons. The molecule has 1 aromatic heterocycles. The fourth-order valence-electron chi connectivity index (χ4n) is 0.930. The molecule has 4 nitrogen and oxygen atoms in total. The molecule has 0 spiro atoms. The van der Waals surface area contributed by atoms with Gasteiger partial charge in [-0.1, -0.05) is 12.2 Å². The second kappa shape index (κ2) is 3.57. The predicted octanol–water partition coefficient (Wildman–Crippen LogP) is 0.549. The van der Waals surface area contributed by atoms with Gasteiger partial charge in [0.15, 0.2) is 0 Å². The summed E-state index contributed by atoms with van der Waals surface area (Å²) in [6, 6.07) is 1.35. The maximum Gasteiger partial charge on any atom is 0.350 e. The zero-order chi connectivity index (χ0) is 10.0. The molecular weight excluding hydrogens is 190 g/mol. The molecule has 0 aliphatic rings. The number of nitrogens with one attached hydrogen (secondary N) is 1. The van der Waals surface area contributed by atoms with Crippen molar-refractivity contribution in [1.29, 1.82) is 0 Å². The van der Waals surface area contributed by atoms with Gasteiger partial charge >= 0.3 is 5.63 Å². The van der Waals surface area contributed by atoms with Crippen molar-refractivity contribution in [3.05, 3.63) is 27.8 Å². The van der Waals surface area contributed by atoms with Crippen LogP contribution in [0.2, 0.25) is 0 Å². The average molecular weight is 199 g/mol. The summed E-state index contributed by atoms with van der Waals surface area (Å²) >= 11 is 4.81. The highest BCUT2D eigenvalue weighted by molar-refractivity contribution is 7.80. The minimum atomic E-state index is -0.628. The number of thiocarbonyl (C=S) groups is 1. The molecule has 1 rings (SSSR count). The molecule has 0 unspecified atom stereocenters. The lowest BCUT2D eigenvalue weighted by molar-refractivity contribution is 0.432. The van der Waals surface area contributed by atoms with Gasteiger partial charge in [0.05, 0.1) is 0 Å². The van der Waals surface area contributed by atoms with E-state index in [1.807, 2.05) is 0 Å². The van der Waals surface area contributed by atoms with E-state index in [9.17, 15) is 9.90 Å². The first-order valence-corrected chi connectivity index (χ1v) is 4.03. The van der Waals surface area contributed by atoms with Gasteiger partial charge in [0, 0.05) is 13.1 Å². The van der Waals surface area contributed by atoms with Gasteiger partial charge < -0.3 is 14.8 Å². The summed E-state index contributed by atoms with van der Waals surface area (Å²) in [4.78, 5) is 11.4. The minimum Gasteiger partial charge on any atom is -0.507 e. The molecular formula is C8H9NO3S. The highest BCUT2D eigenvalue weighted by Gasteiger charge is 2.12. The third-order valence-corrected chi connectivity index (χ3v) is 1.92. The van der Waals surface area contributed by atoms with Crippen LogP contribution in [0.4, 0.5) is 0 Å². The second-order valence-electron chi connectivity index (χ2n) is 2.48. The Morgan fingerprint density at radius 3 is 2.77 bits per heavy atom. The van der Waals surface area contributed by atoms with Crippen LogP contribution in [-0.2, 0) is 0 Å². The molecule has 1 heterocycles. The van der Waals surface area contributed by atoms with Gasteiger partial charge in [-0.15, -0.1) is 0 Å². The number of aryl methyl sites for hydroxylation is 1. The van der Waals surface area contributed by atoms with Crippen LogP contribution in [0.25, 0.3) is 0 Å². The predicted molar refractivity (Wildman–Crippen MR) is 52.1 cm³/mol. The molecule has 0 bridgehead atoms. The number of hydrogen-bond donors (Lipinski definition) is 2. The summed E-state index contributed by atoms with van der Waals surface area (Å²) in [6.45, 7) is 1.58. The van der Waals surface area contributed by atoms with Crippen LogP contribution in [0.5, 0.6) is 5.75 Å². The average Bonchev–Trinajstić information content (AvgIpc) is 2.02. The van der Waals surface area contributed by atoms with E-state index in [4.69, 9.17) is 16.6 Å². The first kappa shape index (κ1) is 9.73. The topological polar surface area (TPSA) is 62.5 Å². The molecule has 0 aliphatic carbocycles. The highest BCUT2D eigenvalue weighted by Crippen LogP contribution is 2.14. The molecule has 0 amide bonds. The van der Waals surface area contributed by atoms with Gasteiger partial charge in [0.2, 0.25) is 0 Å². The Morgan fingerprint density at radius 1 is 1.69 bits per heavy atom. The molecule has 0 aromatic carbocycles. The summed E-state index contributed by atoms with van der Waals surface area (Å²) in [5.41, 5.74) is -0.625. The van der Waals surface area contributed by atoms with Crippen LogP contribution in [0, 0.1) is 6.92 Å². The van der Waals surface area contributed by atoms with E-state index < -0.39 is 5.63 Å². The van der Waals surface area contributed by atoms with Gasteiger partial charge in [-0.3, -0.25) is 0 Å². The molecule has 1 aromatic rings. The smallest absolute Gasteiger partial charge is 0.350 e. The van der Waals surface area contributed by atoms with E-state index >= 15 is 0 Å². The summed E-state index contributed by atoms with van der Waals surface area (Å²) < 4.78 is 4.77. The Hall–Kier alpha value is -1.36.